The number of likely N-dealkylation sites (tertiary alicyclic amines) is 1. The number of halogens is 2. The summed E-state index contributed by atoms with van der Waals surface area (Å²) in [5.74, 6) is 0.266. The molecule has 4 nitrogen and oxygen atoms in total. The summed E-state index contributed by atoms with van der Waals surface area (Å²) in [6, 6.07) is 0.266. The van der Waals surface area contributed by atoms with E-state index >= 15 is 0 Å². The Kier molecular flexibility index (Phi) is 10.2. The number of carbonyl (C=O) groups excluding carboxylic acids is 1. The number of rotatable bonds is 5. The van der Waals surface area contributed by atoms with Crippen LogP contribution in [0.3, 0.4) is 0 Å². The highest BCUT2D eigenvalue weighted by Gasteiger charge is 2.24. The first-order valence-electron chi connectivity index (χ1n) is 7.11. The smallest absolute Gasteiger partial charge is 0.222 e. The van der Waals surface area contributed by atoms with Crippen molar-refractivity contribution >= 4 is 42.1 Å². The Labute approximate surface area is 143 Å². The SMILES string of the molecule is Cc1nc(CCCC(=O)N2CCCCC2CN)cs1.Cl.Cl. The number of nitrogens with zero attached hydrogens (tertiary/aromatic N) is 2. The molecule has 0 bridgehead atoms. The molecule has 1 aliphatic heterocycles. The molecule has 1 saturated heterocycles. The van der Waals surface area contributed by atoms with E-state index in [1.807, 2.05) is 11.8 Å². The second-order valence-electron chi connectivity index (χ2n) is 5.18. The summed E-state index contributed by atoms with van der Waals surface area (Å²) in [6.07, 6.45) is 5.78. The van der Waals surface area contributed by atoms with E-state index in [0.717, 1.165) is 42.9 Å². The monoisotopic (exact) mass is 353 g/mol. The van der Waals surface area contributed by atoms with Crippen molar-refractivity contribution in [3.63, 3.8) is 0 Å². The number of hydrogen-bond donors (Lipinski definition) is 1. The number of aromatic nitrogens is 1. The van der Waals surface area contributed by atoms with Gasteiger partial charge in [0.05, 0.1) is 10.7 Å². The summed E-state index contributed by atoms with van der Waals surface area (Å²) in [6.45, 7) is 3.49. The number of hydrogen-bond acceptors (Lipinski definition) is 4. The fourth-order valence-electron chi connectivity index (χ4n) is 2.66. The van der Waals surface area contributed by atoms with Crippen LogP contribution in [0.1, 0.15) is 42.8 Å². The third-order valence-electron chi connectivity index (χ3n) is 3.71. The molecular formula is C14H25Cl2N3OS. The van der Waals surface area contributed by atoms with Crippen LogP contribution < -0.4 is 5.73 Å². The molecule has 1 aliphatic rings. The summed E-state index contributed by atoms with van der Waals surface area (Å²) in [4.78, 5) is 18.6. The molecule has 2 N–H and O–H groups in total. The molecule has 0 radical (unpaired) electrons. The number of aryl methyl sites for hydroxylation is 2. The first-order chi connectivity index (χ1) is 9.20. The van der Waals surface area contributed by atoms with Gasteiger partial charge in [0.15, 0.2) is 0 Å². The van der Waals surface area contributed by atoms with Gasteiger partial charge in [-0.15, -0.1) is 36.2 Å². The van der Waals surface area contributed by atoms with Gasteiger partial charge in [-0.3, -0.25) is 4.79 Å². The second kappa shape index (κ2) is 10.4. The second-order valence-corrected chi connectivity index (χ2v) is 6.25. The largest absolute Gasteiger partial charge is 0.338 e. The highest BCUT2D eigenvalue weighted by molar-refractivity contribution is 7.09. The van der Waals surface area contributed by atoms with Crippen LogP contribution >= 0.6 is 36.2 Å². The lowest BCUT2D eigenvalue weighted by atomic mass is 10.0. The molecular weight excluding hydrogens is 329 g/mol. The van der Waals surface area contributed by atoms with Crippen LogP contribution in [0.15, 0.2) is 5.38 Å². The maximum absolute atomic E-state index is 12.2. The Bertz CT molecular complexity index is 428. The van der Waals surface area contributed by atoms with Crippen molar-refractivity contribution in [2.45, 2.75) is 51.5 Å². The summed E-state index contributed by atoms with van der Waals surface area (Å²) in [5, 5.41) is 3.18. The number of carbonyl (C=O) groups is 1. The Hall–Kier alpha value is -0.360. The van der Waals surface area contributed by atoms with Crippen molar-refractivity contribution in [1.82, 2.24) is 9.88 Å². The number of amides is 1. The lowest BCUT2D eigenvalue weighted by Crippen LogP contribution is -2.47. The normalized spacial score (nSPS) is 17.8. The Balaban J connectivity index is 0.00000200. The zero-order valence-corrected chi connectivity index (χ0v) is 14.9. The van der Waals surface area contributed by atoms with Crippen molar-refractivity contribution < 1.29 is 4.79 Å². The first-order valence-corrected chi connectivity index (χ1v) is 7.99. The van der Waals surface area contributed by atoms with Gasteiger partial charge >= 0.3 is 0 Å². The van der Waals surface area contributed by atoms with Crippen molar-refractivity contribution in [2.75, 3.05) is 13.1 Å². The molecule has 2 rings (SSSR count). The standard InChI is InChI=1S/C14H23N3OS.2ClH/c1-11-16-12(10-19-11)5-4-7-14(18)17-8-3-2-6-13(17)9-15;;/h10,13H,2-9,15H2,1H3;2*1H. The van der Waals surface area contributed by atoms with Crippen LogP contribution in [0.5, 0.6) is 0 Å². The highest BCUT2D eigenvalue weighted by Crippen LogP contribution is 2.18. The van der Waals surface area contributed by atoms with Gasteiger partial charge in [-0.1, -0.05) is 0 Å². The van der Waals surface area contributed by atoms with E-state index in [1.165, 1.54) is 6.42 Å². The van der Waals surface area contributed by atoms with Gasteiger partial charge in [0, 0.05) is 30.9 Å². The van der Waals surface area contributed by atoms with Gasteiger partial charge in [-0.25, -0.2) is 4.98 Å². The molecule has 1 amide bonds. The van der Waals surface area contributed by atoms with Crippen LogP contribution in [0.25, 0.3) is 0 Å². The topological polar surface area (TPSA) is 59.2 Å². The number of nitrogens with two attached hydrogens (primary N) is 1. The van der Waals surface area contributed by atoms with Crippen molar-refractivity contribution in [3.05, 3.63) is 16.1 Å². The first kappa shape index (κ1) is 20.6. The van der Waals surface area contributed by atoms with Gasteiger partial charge < -0.3 is 10.6 Å². The van der Waals surface area contributed by atoms with Gasteiger partial charge in [0.2, 0.25) is 5.91 Å². The summed E-state index contributed by atoms with van der Waals surface area (Å²) < 4.78 is 0. The Morgan fingerprint density at radius 3 is 2.86 bits per heavy atom. The fourth-order valence-corrected chi connectivity index (χ4v) is 3.31. The molecule has 2 heterocycles. The molecule has 1 fully saturated rings. The van der Waals surface area contributed by atoms with Crippen LogP contribution in [-0.2, 0) is 11.2 Å². The average Bonchev–Trinajstić information content (AvgIpc) is 2.84. The van der Waals surface area contributed by atoms with Gasteiger partial charge in [-0.2, -0.15) is 0 Å². The Morgan fingerprint density at radius 2 is 2.24 bits per heavy atom. The van der Waals surface area contributed by atoms with Gasteiger partial charge in [0.25, 0.3) is 0 Å². The quantitative estimate of drug-likeness (QED) is 0.884. The minimum Gasteiger partial charge on any atom is -0.338 e. The lowest BCUT2D eigenvalue weighted by Gasteiger charge is -2.35. The molecule has 122 valence electrons. The minimum atomic E-state index is 0. The molecule has 7 heteroatoms. The predicted octanol–water partition coefficient (Wildman–Crippen LogP) is 2.96. The molecule has 0 saturated carbocycles. The zero-order valence-electron chi connectivity index (χ0n) is 12.4. The molecule has 1 aromatic rings. The maximum atomic E-state index is 12.2. The van der Waals surface area contributed by atoms with Crippen LogP contribution in [-0.4, -0.2) is 34.9 Å². The van der Waals surface area contributed by atoms with E-state index in [0.29, 0.717) is 13.0 Å². The highest BCUT2D eigenvalue weighted by atomic mass is 35.5. The van der Waals surface area contributed by atoms with E-state index in [-0.39, 0.29) is 36.8 Å². The summed E-state index contributed by atoms with van der Waals surface area (Å²) in [5.41, 5.74) is 6.87. The van der Waals surface area contributed by atoms with Crippen molar-refractivity contribution in [1.29, 1.82) is 0 Å². The third-order valence-corrected chi connectivity index (χ3v) is 4.53. The number of piperidine rings is 1. The molecule has 0 aliphatic carbocycles. The van der Waals surface area contributed by atoms with E-state index in [1.54, 1.807) is 11.3 Å². The summed E-state index contributed by atoms with van der Waals surface area (Å²) in [7, 11) is 0. The molecule has 0 spiro atoms. The zero-order chi connectivity index (χ0) is 13.7. The van der Waals surface area contributed by atoms with Crippen molar-refractivity contribution in [2.24, 2.45) is 5.73 Å². The Morgan fingerprint density at radius 1 is 1.48 bits per heavy atom. The van der Waals surface area contributed by atoms with Crippen LogP contribution in [0.4, 0.5) is 0 Å². The molecule has 0 aromatic carbocycles. The van der Waals surface area contributed by atoms with E-state index in [4.69, 9.17) is 5.73 Å². The van der Waals surface area contributed by atoms with E-state index in [9.17, 15) is 4.79 Å². The van der Waals surface area contributed by atoms with Crippen LogP contribution in [0.2, 0.25) is 0 Å². The minimum absolute atomic E-state index is 0. The van der Waals surface area contributed by atoms with Crippen LogP contribution in [0, 0.1) is 6.92 Å². The number of thiazole rings is 1. The van der Waals surface area contributed by atoms with Gasteiger partial charge in [0.1, 0.15) is 0 Å². The predicted molar refractivity (Wildman–Crippen MR) is 92.7 cm³/mol. The average molecular weight is 354 g/mol. The lowest BCUT2D eigenvalue weighted by molar-refractivity contribution is -0.134. The molecule has 1 unspecified atom stereocenters. The molecule has 1 atom stereocenters. The third kappa shape index (κ3) is 6.10. The molecule has 1 aromatic heterocycles. The van der Waals surface area contributed by atoms with E-state index in [2.05, 4.69) is 10.4 Å². The van der Waals surface area contributed by atoms with Crippen molar-refractivity contribution in [3.8, 4) is 0 Å². The van der Waals surface area contributed by atoms with E-state index < -0.39 is 0 Å². The molecule has 21 heavy (non-hydrogen) atoms. The fraction of sp³-hybridized carbons (Fsp3) is 0.714. The summed E-state index contributed by atoms with van der Waals surface area (Å²) >= 11 is 1.67. The maximum Gasteiger partial charge on any atom is 0.222 e. The van der Waals surface area contributed by atoms with Gasteiger partial charge in [-0.05, 0) is 39.0 Å².